The highest BCUT2D eigenvalue weighted by molar-refractivity contribution is 7.89. The van der Waals surface area contributed by atoms with Crippen LogP contribution in [0.2, 0.25) is 0 Å². The molecule has 0 radical (unpaired) electrons. The Balaban J connectivity index is 2.45. The van der Waals surface area contributed by atoms with Crippen LogP contribution in [0.5, 0.6) is 0 Å². The lowest BCUT2D eigenvalue weighted by molar-refractivity contribution is 0.189. The number of nitrogens with zero attached hydrogens (tertiary/aromatic N) is 1. The molecular weight excluding hydrogens is 259 g/mol. The molecule has 0 unspecified atom stereocenters. The molecule has 0 aromatic heterocycles. The minimum atomic E-state index is -3.71. The van der Waals surface area contributed by atoms with Gasteiger partial charge in [-0.25, -0.2) is 12.8 Å². The fraction of sp³-hybridized carbons (Fsp3) is 0.455. The lowest BCUT2D eigenvalue weighted by atomic mass is 10.2. The molecule has 1 aromatic carbocycles. The average molecular weight is 274 g/mol. The first-order valence-electron chi connectivity index (χ1n) is 5.56. The molecule has 1 saturated heterocycles. The van der Waals surface area contributed by atoms with Crippen LogP contribution in [0, 0.1) is 12.7 Å². The monoisotopic (exact) mass is 274 g/mol. The molecule has 0 spiro atoms. The average Bonchev–Trinajstić information content (AvgIpc) is 2.70. The Morgan fingerprint density at radius 2 is 2.17 bits per heavy atom. The van der Waals surface area contributed by atoms with E-state index in [4.69, 9.17) is 5.73 Å². The summed E-state index contributed by atoms with van der Waals surface area (Å²) in [6.07, 6.45) is -0.229. The highest BCUT2D eigenvalue weighted by Gasteiger charge is 2.32. The Bertz CT molecular complexity index is 574. The topological polar surface area (TPSA) is 83.6 Å². The van der Waals surface area contributed by atoms with Gasteiger partial charge >= 0.3 is 0 Å². The van der Waals surface area contributed by atoms with Gasteiger partial charge in [0.1, 0.15) is 5.82 Å². The smallest absolute Gasteiger partial charge is 0.243 e. The van der Waals surface area contributed by atoms with E-state index < -0.39 is 21.9 Å². The van der Waals surface area contributed by atoms with E-state index in [1.807, 2.05) is 0 Å². The van der Waals surface area contributed by atoms with Gasteiger partial charge in [-0.2, -0.15) is 4.31 Å². The zero-order chi connectivity index (χ0) is 13.5. The molecule has 5 nitrogen and oxygen atoms in total. The number of nitrogen functional groups attached to an aromatic ring is 1. The molecule has 0 amide bonds. The molecule has 2 rings (SSSR count). The van der Waals surface area contributed by atoms with Crippen LogP contribution in [0.15, 0.2) is 17.0 Å². The molecular formula is C11H15FN2O3S. The molecule has 0 aliphatic carbocycles. The van der Waals surface area contributed by atoms with Crippen molar-refractivity contribution < 1.29 is 17.9 Å². The van der Waals surface area contributed by atoms with E-state index in [1.54, 1.807) is 0 Å². The molecule has 3 N–H and O–H groups in total. The molecule has 1 heterocycles. The number of β-amino-alcohol motifs (C(OH)–C–C–N with tert-alkyl or cyclic N) is 1. The van der Waals surface area contributed by atoms with Crippen LogP contribution >= 0.6 is 0 Å². The summed E-state index contributed by atoms with van der Waals surface area (Å²) < 4.78 is 39.0. The van der Waals surface area contributed by atoms with E-state index >= 15 is 0 Å². The SMILES string of the molecule is Cc1cc(F)c(N)cc1S(=O)(=O)N1CC[C@H](O)C1. The largest absolute Gasteiger partial charge is 0.396 e. The Hall–Kier alpha value is -1.18. The quantitative estimate of drug-likeness (QED) is 0.768. The fourth-order valence-corrected chi connectivity index (χ4v) is 3.75. The van der Waals surface area contributed by atoms with Crippen LogP contribution in [0.1, 0.15) is 12.0 Å². The predicted octanol–water partition coefficient (Wildman–Crippen LogP) is 0.472. The maximum absolute atomic E-state index is 13.2. The van der Waals surface area contributed by atoms with Crippen molar-refractivity contribution in [3.63, 3.8) is 0 Å². The number of benzene rings is 1. The number of aryl methyl sites for hydroxylation is 1. The summed E-state index contributed by atoms with van der Waals surface area (Å²) in [5.41, 5.74) is 5.52. The first-order chi connectivity index (χ1) is 8.32. The summed E-state index contributed by atoms with van der Waals surface area (Å²) >= 11 is 0. The second-order valence-corrected chi connectivity index (χ2v) is 6.35. The van der Waals surface area contributed by atoms with E-state index in [1.165, 1.54) is 11.2 Å². The number of hydrogen-bond acceptors (Lipinski definition) is 4. The van der Waals surface area contributed by atoms with Gasteiger partial charge in [0.25, 0.3) is 0 Å². The van der Waals surface area contributed by atoms with Crippen molar-refractivity contribution in [2.24, 2.45) is 0 Å². The first kappa shape index (κ1) is 13.3. The lowest BCUT2D eigenvalue weighted by Crippen LogP contribution is -2.30. The molecule has 1 aliphatic heterocycles. The molecule has 1 aliphatic rings. The number of nitrogens with two attached hydrogens (primary N) is 1. The van der Waals surface area contributed by atoms with E-state index in [0.29, 0.717) is 12.0 Å². The third-order valence-corrected chi connectivity index (χ3v) is 5.05. The van der Waals surface area contributed by atoms with Gasteiger partial charge in [-0.1, -0.05) is 0 Å². The Morgan fingerprint density at radius 3 is 2.72 bits per heavy atom. The highest BCUT2D eigenvalue weighted by atomic mass is 32.2. The molecule has 1 atom stereocenters. The standard InChI is InChI=1S/C11H15FN2O3S/c1-7-4-9(12)10(13)5-11(7)18(16,17)14-3-2-8(15)6-14/h4-5,8,15H,2-3,6,13H2,1H3/t8-/m0/s1. The molecule has 100 valence electrons. The van der Waals surface area contributed by atoms with Crippen LogP contribution in [0.25, 0.3) is 0 Å². The maximum atomic E-state index is 13.2. The highest BCUT2D eigenvalue weighted by Crippen LogP contribution is 2.26. The second-order valence-electron chi connectivity index (χ2n) is 4.44. The van der Waals surface area contributed by atoms with Gasteiger partial charge in [-0.05, 0) is 31.0 Å². The van der Waals surface area contributed by atoms with Crippen LogP contribution in [-0.2, 0) is 10.0 Å². The molecule has 18 heavy (non-hydrogen) atoms. The van der Waals surface area contributed by atoms with E-state index in [2.05, 4.69) is 0 Å². The molecule has 1 aromatic rings. The van der Waals surface area contributed by atoms with Crippen LogP contribution in [-0.4, -0.2) is 37.0 Å². The Morgan fingerprint density at radius 1 is 1.50 bits per heavy atom. The normalized spacial score (nSPS) is 21.4. The summed E-state index contributed by atoms with van der Waals surface area (Å²) in [4.78, 5) is -0.00417. The number of sulfonamides is 1. The van der Waals surface area contributed by atoms with Gasteiger partial charge in [0, 0.05) is 13.1 Å². The predicted molar refractivity (Wildman–Crippen MR) is 64.9 cm³/mol. The Kier molecular flexibility index (Phi) is 3.31. The third kappa shape index (κ3) is 2.21. The summed E-state index contributed by atoms with van der Waals surface area (Å²) in [7, 11) is -3.71. The third-order valence-electron chi connectivity index (χ3n) is 3.04. The number of rotatable bonds is 2. The number of halogens is 1. The summed E-state index contributed by atoms with van der Waals surface area (Å²) in [6, 6.07) is 2.24. The van der Waals surface area contributed by atoms with Crippen molar-refractivity contribution in [3.05, 3.63) is 23.5 Å². The van der Waals surface area contributed by atoms with Gasteiger partial charge in [-0.3, -0.25) is 0 Å². The summed E-state index contributed by atoms with van der Waals surface area (Å²) in [5, 5.41) is 9.39. The second kappa shape index (κ2) is 4.49. The summed E-state index contributed by atoms with van der Waals surface area (Å²) in [6.45, 7) is 1.85. The van der Waals surface area contributed by atoms with Gasteiger partial charge in [0.05, 0.1) is 16.7 Å². The van der Waals surface area contributed by atoms with Crippen LogP contribution < -0.4 is 5.73 Å². The summed E-state index contributed by atoms with van der Waals surface area (Å²) in [5.74, 6) is -0.632. The minimum Gasteiger partial charge on any atom is -0.396 e. The van der Waals surface area contributed by atoms with Crippen molar-refractivity contribution in [1.29, 1.82) is 0 Å². The van der Waals surface area contributed by atoms with Gasteiger partial charge in [0.15, 0.2) is 0 Å². The number of hydrogen-bond donors (Lipinski definition) is 2. The van der Waals surface area contributed by atoms with Crippen molar-refractivity contribution in [3.8, 4) is 0 Å². The van der Waals surface area contributed by atoms with Crippen LogP contribution in [0.4, 0.5) is 10.1 Å². The molecule has 7 heteroatoms. The zero-order valence-corrected chi connectivity index (χ0v) is 10.7. The molecule has 0 bridgehead atoms. The first-order valence-corrected chi connectivity index (χ1v) is 7.00. The fourth-order valence-electron chi connectivity index (χ4n) is 2.01. The maximum Gasteiger partial charge on any atom is 0.243 e. The van der Waals surface area contributed by atoms with Gasteiger partial charge in [0.2, 0.25) is 10.0 Å². The van der Waals surface area contributed by atoms with Crippen molar-refractivity contribution in [1.82, 2.24) is 4.31 Å². The van der Waals surface area contributed by atoms with E-state index in [-0.39, 0.29) is 23.7 Å². The van der Waals surface area contributed by atoms with Gasteiger partial charge in [-0.15, -0.1) is 0 Å². The Labute approximate surface area is 105 Å². The zero-order valence-electron chi connectivity index (χ0n) is 9.93. The van der Waals surface area contributed by atoms with Crippen molar-refractivity contribution in [2.75, 3.05) is 18.8 Å². The number of anilines is 1. The van der Waals surface area contributed by atoms with Crippen LogP contribution in [0.3, 0.4) is 0 Å². The lowest BCUT2D eigenvalue weighted by Gasteiger charge is -2.17. The minimum absolute atomic E-state index is 0.00417. The molecule has 0 saturated carbocycles. The van der Waals surface area contributed by atoms with Crippen molar-refractivity contribution >= 4 is 15.7 Å². The van der Waals surface area contributed by atoms with E-state index in [0.717, 1.165) is 12.1 Å². The van der Waals surface area contributed by atoms with Crippen molar-refractivity contribution in [2.45, 2.75) is 24.3 Å². The van der Waals surface area contributed by atoms with Gasteiger partial charge < -0.3 is 10.8 Å². The number of aliphatic hydroxyl groups is 1. The molecule has 1 fully saturated rings. The number of aliphatic hydroxyl groups excluding tert-OH is 1. The van der Waals surface area contributed by atoms with E-state index in [9.17, 15) is 17.9 Å².